The number of carbonyl (C=O) groups excluding carboxylic acids is 2. The lowest BCUT2D eigenvalue weighted by atomic mass is 9.90. The SMILES string of the molecule is COC1=C(C)C(=O)c2nc(Cl)cc(C)c2C1=O. The van der Waals surface area contributed by atoms with Crippen LogP contribution in [0.15, 0.2) is 17.4 Å². The number of aromatic nitrogens is 1. The summed E-state index contributed by atoms with van der Waals surface area (Å²) in [6.07, 6.45) is 0. The lowest BCUT2D eigenvalue weighted by Crippen LogP contribution is -2.24. The highest BCUT2D eigenvalue weighted by atomic mass is 35.5. The zero-order chi connectivity index (χ0) is 12.7. The van der Waals surface area contributed by atoms with Crippen LogP contribution < -0.4 is 0 Å². The summed E-state index contributed by atoms with van der Waals surface area (Å²) >= 11 is 5.79. The molecular formula is C12H10ClNO3. The van der Waals surface area contributed by atoms with Crippen LogP contribution in [0.2, 0.25) is 5.15 Å². The van der Waals surface area contributed by atoms with Crippen LogP contribution in [0.4, 0.5) is 0 Å². The number of methoxy groups -OCH3 is 1. The molecule has 0 radical (unpaired) electrons. The molecule has 2 rings (SSSR count). The molecule has 0 saturated heterocycles. The van der Waals surface area contributed by atoms with Gasteiger partial charge in [-0.05, 0) is 25.5 Å². The molecule has 0 aromatic carbocycles. The maximum atomic E-state index is 12.1. The van der Waals surface area contributed by atoms with Crippen molar-refractivity contribution in [1.82, 2.24) is 4.98 Å². The lowest BCUT2D eigenvalue weighted by molar-refractivity contribution is 0.0902. The smallest absolute Gasteiger partial charge is 0.230 e. The fourth-order valence-electron chi connectivity index (χ4n) is 1.89. The largest absolute Gasteiger partial charge is 0.492 e. The van der Waals surface area contributed by atoms with Crippen LogP contribution in [0.3, 0.4) is 0 Å². The van der Waals surface area contributed by atoms with Crippen LogP contribution in [0.25, 0.3) is 0 Å². The molecule has 0 atom stereocenters. The van der Waals surface area contributed by atoms with Crippen molar-refractivity contribution in [3.8, 4) is 0 Å². The molecule has 0 unspecified atom stereocenters. The van der Waals surface area contributed by atoms with E-state index in [4.69, 9.17) is 16.3 Å². The number of carbonyl (C=O) groups is 2. The average molecular weight is 252 g/mol. The monoisotopic (exact) mass is 251 g/mol. The highest BCUT2D eigenvalue weighted by molar-refractivity contribution is 6.31. The predicted octanol–water partition coefficient (Wildman–Crippen LogP) is 2.34. The molecule has 5 heteroatoms. The van der Waals surface area contributed by atoms with Gasteiger partial charge in [0.25, 0.3) is 0 Å². The zero-order valence-electron chi connectivity index (χ0n) is 9.63. The molecule has 0 N–H and O–H groups in total. The first-order valence-corrected chi connectivity index (χ1v) is 5.36. The van der Waals surface area contributed by atoms with Crippen LogP contribution in [-0.2, 0) is 4.74 Å². The first-order valence-electron chi connectivity index (χ1n) is 4.98. The van der Waals surface area contributed by atoms with E-state index in [1.807, 2.05) is 0 Å². The number of rotatable bonds is 1. The van der Waals surface area contributed by atoms with Crippen molar-refractivity contribution < 1.29 is 14.3 Å². The maximum absolute atomic E-state index is 12.1. The van der Waals surface area contributed by atoms with Gasteiger partial charge >= 0.3 is 0 Å². The number of ether oxygens (including phenoxy) is 1. The molecule has 1 heterocycles. The number of pyridine rings is 1. The van der Waals surface area contributed by atoms with Crippen LogP contribution >= 0.6 is 11.6 Å². The molecule has 1 aromatic rings. The van der Waals surface area contributed by atoms with Gasteiger partial charge in [0.1, 0.15) is 10.8 Å². The van der Waals surface area contributed by atoms with Gasteiger partial charge in [-0.2, -0.15) is 0 Å². The molecule has 17 heavy (non-hydrogen) atoms. The van der Waals surface area contributed by atoms with Crippen LogP contribution in [0.1, 0.15) is 33.3 Å². The summed E-state index contributed by atoms with van der Waals surface area (Å²) in [5.41, 5.74) is 1.28. The minimum atomic E-state index is -0.318. The Hall–Kier alpha value is -1.68. The van der Waals surface area contributed by atoms with Gasteiger partial charge in [-0.3, -0.25) is 9.59 Å². The molecule has 4 nitrogen and oxygen atoms in total. The third kappa shape index (κ3) is 1.65. The Morgan fingerprint density at radius 1 is 1.24 bits per heavy atom. The number of hydrogen-bond donors (Lipinski definition) is 0. The molecule has 0 fully saturated rings. The molecule has 88 valence electrons. The van der Waals surface area contributed by atoms with E-state index in [-0.39, 0.29) is 39.3 Å². The second-order valence-electron chi connectivity index (χ2n) is 3.80. The van der Waals surface area contributed by atoms with E-state index in [0.29, 0.717) is 5.56 Å². The van der Waals surface area contributed by atoms with Gasteiger partial charge in [0, 0.05) is 5.57 Å². The number of aryl methyl sites for hydroxylation is 1. The van der Waals surface area contributed by atoms with Crippen molar-refractivity contribution in [2.75, 3.05) is 7.11 Å². The van der Waals surface area contributed by atoms with E-state index in [2.05, 4.69) is 4.98 Å². The van der Waals surface area contributed by atoms with Gasteiger partial charge < -0.3 is 4.74 Å². The molecule has 1 aliphatic rings. The molecule has 0 bridgehead atoms. The van der Waals surface area contributed by atoms with Crippen molar-refractivity contribution >= 4 is 23.2 Å². The number of fused-ring (bicyclic) bond motifs is 1. The fraction of sp³-hybridized carbons (Fsp3) is 0.250. The predicted molar refractivity (Wildman–Crippen MR) is 62.4 cm³/mol. The fourth-order valence-corrected chi connectivity index (χ4v) is 2.14. The number of ketones is 2. The Kier molecular flexibility index (Phi) is 2.75. The van der Waals surface area contributed by atoms with Gasteiger partial charge in [-0.25, -0.2) is 4.98 Å². The third-order valence-electron chi connectivity index (χ3n) is 2.72. The van der Waals surface area contributed by atoms with Crippen molar-refractivity contribution in [1.29, 1.82) is 0 Å². The van der Waals surface area contributed by atoms with Crippen molar-refractivity contribution in [2.24, 2.45) is 0 Å². The van der Waals surface area contributed by atoms with Crippen molar-refractivity contribution in [2.45, 2.75) is 13.8 Å². The standard InChI is InChI=1S/C12H10ClNO3/c1-5-4-7(13)14-9-8(5)11(16)12(17-3)6(2)10(9)15/h4H,1-3H3. The molecule has 0 spiro atoms. The average Bonchev–Trinajstić information content (AvgIpc) is 2.25. The van der Waals surface area contributed by atoms with Gasteiger partial charge in [0.15, 0.2) is 5.76 Å². The maximum Gasteiger partial charge on any atom is 0.230 e. The van der Waals surface area contributed by atoms with E-state index in [1.165, 1.54) is 7.11 Å². The first kappa shape index (κ1) is 11.8. The van der Waals surface area contributed by atoms with E-state index in [9.17, 15) is 9.59 Å². The Labute approximate surface area is 103 Å². The summed E-state index contributed by atoms with van der Waals surface area (Å²) in [5, 5.41) is 0.205. The highest BCUT2D eigenvalue weighted by Gasteiger charge is 2.33. The summed E-state index contributed by atoms with van der Waals surface area (Å²) in [4.78, 5) is 28.1. The molecule has 0 aliphatic heterocycles. The number of nitrogens with zero attached hydrogens (tertiary/aromatic N) is 1. The van der Waals surface area contributed by atoms with E-state index in [0.717, 1.165) is 0 Å². The summed E-state index contributed by atoms with van der Waals surface area (Å²) in [6, 6.07) is 1.56. The molecule has 0 saturated carbocycles. The first-order chi connectivity index (χ1) is 7.97. The number of Topliss-reactive ketones (excluding diaryl/α,β-unsaturated/α-hetero) is 2. The summed E-state index contributed by atoms with van der Waals surface area (Å²) in [6.45, 7) is 3.26. The van der Waals surface area contributed by atoms with Crippen LogP contribution in [-0.4, -0.2) is 23.7 Å². The topological polar surface area (TPSA) is 56.3 Å². The summed E-state index contributed by atoms with van der Waals surface area (Å²) < 4.78 is 4.98. The Morgan fingerprint density at radius 2 is 1.88 bits per heavy atom. The van der Waals surface area contributed by atoms with Gasteiger partial charge in [-0.1, -0.05) is 11.6 Å². The zero-order valence-corrected chi connectivity index (χ0v) is 10.4. The normalized spacial score (nSPS) is 15.1. The Bertz CT molecular complexity index is 575. The quantitative estimate of drug-likeness (QED) is 0.719. The number of halogens is 1. The minimum absolute atomic E-state index is 0.0784. The lowest BCUT2D eigenvalue weighted by Gasteiger charge is -2.18. The second-order valence-corrected chi connectivity index (χ2v) is 4.19. The van der Waals surface area contributed by atoms with Crippen molar-refractivity contribution in [3.63, 3.8) is 0 Å². The Balaban J connectivity index is 2.77. The minimum Gasteiger partial charge on any atom is -0.492 e. The molecular weight excluding hydrogens is 242 g/mol. The van der Waals surface area contributed by atoms with Crippen LogP contribution in [0.5, 0.6) is 0 Å². The Morgan fingerprint density at radius 3 is 2.47 bits per heavy atom. The molecule has 1 aliphatic carbocycles. The molecule has 0 amide bonds. The van der Waals surface area contributed by atoms with Crippen LogP contribution in [0, 0.1) is 6.92 Å². The summed E-state index contributed by atoms with van der Waals surface area (Å²) in [7, 11) is 1.37. The highest BCUT2D eigenvalue weighted by Crippen LogP contribution is 2.28. The van der Waals surface area contributed by atoms with E-state index in [1.54, 1.807) is 19.9 Å². The van der Waals surface area contributed by atoms with Gasteiger partial charge in [0.2, 0.25) is 11.6 Å². The van der Waals surface area contributed by atoms with Gasteiger partial charge in [0.05, 0.1) is 12.7 Å². The number of hydrogen-bond acceptors (Lipinski definition) is 4. The van der Waals surface area contributed by atoms with Crippen molar-refractivity contribution in [3.05, 3.63) is 39.4 Å². The van der Waals surface area contributed by atoms with E-state index < -0.39 is 0 Å². The second kappa shape index (κ2) is 3.96. The third-order valence-corrected chi connectivity index (χ3v) is 2.91. The summed E-state index contributed by atoms with van der Waals surface area (Å²) in [5.74, 6) is -0.557. The van der Waals surface area contributed by atoms with Gasteiger partial charge in [-0.15, -0.1) is 0 Å². The molecule has 1 aromatic heterocycles. The van der Waals surface area contributed by atoms with E-state index >= 15 is 0 Å². The number of allylic oxidation sites excluding steroid dienone is 2.